The normalized spacial score (nSPS) is 13.0. The Bertz CT molecular complexity index is 368. The van der Waals surface area contributed by atoms with Gasteiger partial charge in [-0.25, -0.2) is 0 Å². The van der Waals surface area contributed by atoms with Crippen molar-refractivity contribution in [3.8, 4) is 0 Å². The summed E-state index contributed by atoms with van der Waals surface area (Å²) in [5.74, 6) is 0. The average molecular weight is 292 g/mol. The molecule has 0 heterocycles. The van der Waals surface area contributed by atoms with Crippen LogP contribution in [0.4, 0.5) is 0 Å². The van der Waals surface area contributed by atoms with Gasteiger partial charge in [0.15, 0.2) is 6.29 Å². The third kappa shape index (κ3) is 4.75. The number of rotatable bonds is 7. The van der Waals surface area contributed by atoms with E-state index in [9.17, 15) is 0 Å². The number of ether oxygens (including phenoxy) is 2. The highest BCUT2D eigenvalue weighted by Crippen LogP contribution is 2.22. The lowest BCUT2D eigenvalue weighted by molar-refractivity contribution is -0.148. The van der Waals surface area contributed by atoms with Crippen molar-refractivity contribution in [2.45, 2.75) is 32.6 Å². The summed E-state index contributed by atoms with van der Waals surface area (Å²) >= 11 is 12.0. The second-order valence-electron chi connectivity index (χ2n) is 3.88. The largest absolute Gasteiger partial charge is 0.351 e. The molecular formula is C13H19Cl2NO2. The molecule has 0 saturated heterocycles. The summed E-state index contributed by atoms with van der Waals surface area (Å²) in [5, 5.41) is 1.30. The van der Waals surface area contributed by atoms with Gasteiger partial charge in [-0.05, 0) is 44.0 Å². The molecule has 1 atom stereocenters. The Morgan fingerprint density at radius 3 is 2.33 bits per heavy atom. The molecule has 0 spiro atoms. The molecule has 1 aromatic rings. The van der Waals surface area contributed by atoms with Crippen molar-refractivity contribution in [1.82, 2.24) is 0 Å². The Balaban J connectivity index is 2.71. The van der Waals surface area contributed by atoms with Crippen molar-refractivity contribution in [1.29, 1.82) is 0 Å². The molecule has 0 fully saturated rings. The molecular weight excluding hydrogens is 273 g/mol. The summed E-state index contributed by atoms with van der Waals surface area (Å²) in [6.45, 7) is 4.93. The molecule has 0 amide bonds. The topological polar surface area (TPSA) is 44.5 Å². The minimum Gasteiger partial charge on any atom is -0.351 e. The molecule has 5 heteroatoms. The zero-order valence-corrected chi connectivity index (χ0v) is 12.2. The summed E-state index contributed by atoms with van der Waals surface area (Å²) in [7, 11) is 0. The highest BCUT2D eigenvalue weighted by Gasteiger charge is 2.19. The van der Waals surface area contributed by atoms with E-state index in [1.807, 2.05) is 19.9 Å². The Hall–Kier alpha value is -0.320. The number of hydrogen-bond acceptors (Lipinski definition) is 3. The summed E-state index contributed by atoms with van der Waals surface area (Å²) in [6.07, 6.45) is 0.138. The summed E-state index contributed by atoms with van der Waals surface area (Å²) < 4.78 is 10.9. The highest BCUT2D eigenvalue weighted by molar-refractivity contribution is 6.33. The molecule has 3 nitrogen and oxygen atoms in total. The maximum absolute atomic E-state index is 6.10. The standard InChI is InChI=1S/C13H19Cl2NO2/c1-3-17-13(18-4-2)12(16)8-9-7-10(14)5-6-11(9)15/h5-7,12-13H,3-4,8,16H2,1-2H3. The maximum atomic E-state index is 6.10. The molecule has 0 aliphatic carbocycles. The third-order valence-corrected chi connectivity index (χ3v) is 3.08. The van der Waals surface area contributed by atoms with Crippen LogP contribution in [0.2, 0.25) is 10.0 Å². The quantitative estimate of drug-likeness (QED) is 0.784. The molecule has 102 valence electrons. The smallest absolute Gasteiger partial charge is 0.172 e. The Labute approximate surface area is 118 Å². The van der Waals surface area contributed by atoms with Crippen LogP contribution in [0.25, 0.3) is 0 Å². The molecule has 2 N–H and O–H groups in total. The third-order valence-electron chi connectivity index (χ3n) is 2.47. The second-order valence-corrected chi connectivity index (χ2v) is 4.73. The van der Waals surface area contributed by atoms with Crippen LogP contribution in [0, 0.1) is 0 Å². The Morgan fingerprint density at radius 1 is 1.17 bits per heavy atom. The van der Waals surface area contributed by atoms with E-state index in [1.54, 1.807) is 12.1 Å². The van der Waals surface area contributed by atoms with Crippen LogP contribution in [-0.2, 0) is 15.9 Å². The molecule has 0 radical (unpaired) electrons. The van der Waals surface area contributed by atoms with Crippen LogP contribution in [-0.4, -0.2) is 25.5 Å². The van der Waals surface area contributed by atoms with Gasteiger partial charge in [0, 0.05) is 23.3 Å². The van der Waals surface area contributed by atoms with Crippen molar-refractivity contribution in [2.24, 2.45) is 5.73 Å². The number of hydrogen-bond donors (Lipinski definition) is 1. The van der Waals surface area contributed by atoms with Crippen LogP contribution in [0.3, 0.4) is 0 Å². The van der Waals surface area contributed by atoms with Gasteiger partial charge in [-0.2, -0.15) is 0 Å². The van der Waals surface area contributed by atoms with Gasteiger partial charge >= 0.3 is 0 Å². The molecule has 0 aliphatic heterocycles. The van der Waals surface area contributed by atoms with E-state index in [-0.39, 0.29) is 6.04 Å². The van der Waals surface area contributed by atoms with E-state index >= 15 is 0 Å². The van der Waals surface area contributed by atoms with Crippen LogP contribution >= 0.6 is 23.2 Å². The number of nitrogens with two attached hydrogens (primary N) is 1. The fourth-order valence-corrected chi connectivity index (χ4v) is 2.06. The minimum absolute atomic E-state index is 0.277. The summed E-state index contributed by atoms with van der Waals surface area (Å²) in [5.41, 5.74) is 6.99. The summed E-state index contributed by atoms with van der Waals surface area (Å²) in [4.78, 5) is 0. The molecule has 0 aliphatic rings. The SMILES string of the molecule is CCOC(OCC)C(N)Cc1cc(Cl)ccc1Cl. The Kier molecular flexibility index (Phi) is 6.97. The monoisotopic (exact) mass is 291 g/mol. The fraction of sp³-hybridized carbons (Fsp3) is 0.538. The zero-order valence-electron chi connectivity index (χ0n) is 10.7. The first kappa shape index (κ1) is 15.7. The first-order valence-electron chi connectivity index (χ1n) is 6.01. The van der Waals surface area contributed by atoms with Crippen LogP contribution in [0.1, 0.15) is 19.4 Å². The van der Waals surface area contributed by atoms with Crippen LogP contribution < -0.4 is 5.73 Å². The van der Waals surface area contributed by atoms with Gasteiger partial charge in [-0.1, -0.05) is 23.2 Å². The first-order chi connectivity index (χ1) is 8.58. The van der Waals surface area contributed by atoms with E-state index in [0.29, 0.717) is 29.7 Å². The highest BCUT2D eigenvalue weighted by atomic mass is 35.5. The maximum Gasteiger partial charge on any atom is 0.172 e. The van der Waals surface area contributed by atoms with Crippen LogP contribution in [0.5, 0.6) is 0 Å². The second kappa shape index (κ2) is 7.97. The molecule has 0 bridgehead atoms. The van der Waals surface area contributed by atoms with E-state index in [2.05, 4.69) is 0 Å². The van der Waals surface area contributed by atoms with E-state index in [1.165, 1.54) is 0 Å². The van der Waals surface area contributed by atoms with Gasteiger partial charge in [0.2, 0.25) is 0 Å². The van der Waals surface area contributed by atoms with E-state index < -0.39 is 6.29 Å². The predicted molar refractivity (Wildman–Crippen MR) is 75.2 cm³/mol. The van der Waals surface area contributed by atoms with Crippen molar-refractivity contribution in [3.05, 3.63) is 33.8 Å². The van der Waals surface area contributed by atoms with Crippen molar-refractivity contribution in [3.63, 3.8) is 0 Å². The predicted octanol–water partition coefficient (Wildman–Crippen LogP) is 3.26. The van der Waals surface area contributed by atoms with Gasteiger partial charge < -0.3 is 15.2 Å². The van der Waals surface area contributed by atoms with Gasteiger partial charge in [-0.3, -0.25) is 0 Å². The van der Waals surface area contributed by atoms with Gasteiger partial charge in [-0.15, -0.1) is 0 Å². The molecule has 0 saturated carbocycles. The zero-order chi connectivity index (χ0) is 13.5. The number of benzene rings is 1. The van der Waals surface area contributed by atoms with Crippen molar-refractivity contribution >= 4 is 23.2 Å². The first-order valence-corrected chi connectivity index (χ1v) is 6.76. The van der Waals surface area contributed by atoms with Gasteiger partial charge in [0.25, 0.3) is 0 Å². The lowest BCUT2D eigenvalue weighted by atomic mass is 10.1. The number of halogens is 2. The van der Waals surface area contributed by atoms with E-state index in [4.69, 9.17) is 38.4 Å². The summed E-state index contributed by atoms with van der Waals surface area (Å²) in [6, 6.07) is 5.06. The average Bonchev–Trinajstić information content (AvgIpc) is 2.33. The van der Waals surface area contributed by atoms with Crippen LogP contribution in [0.15, 0.2) is 18.2 Å². The Morgan fingerprint density at radius 2 is 1.78 bits per heavy atom. The molecule has 1 aromatic carbocycles. The lowest BCUT2D eigenvalue weighted by Crippen LogP contribution is -2.40. The van der Waals surface area contributed by atoms with Crippen molar-refractivity contribution in [2.75, 3.05) is 13.2 Å². The molecule has 1 unspecified atom stereocenters. The fourth-order valence-electron chi connectivity index (χ4n) is 1.67. The lowest BCUT2D eigenvalue weighted by Gasteiger charge is -2.23. The van der Waals surface area contributed by atoms with Gasteiger partial charge in [0.05, 0.1) is 6.04 Å². The van der Waals surface area contributed by atoms with E-state index in [0.717, 1.165) is 5.56 Å². The van der Waals surface area contributed by atoms with Crippen molar-refractivity contribution < 1.29 is 9.47 Å². The molecule has 1 rings (SSSR count). The van der Waals surface area contributed by atoms with Gasteiger partial charge in [0.1, 0.15) is 0 Å². The minimum atomic E-state index is -0.421. The molecule has 18 heavy (non-hydrogen) atoms. The molecule has 0 aromatic heterocycles.